The fraction of sp³-hybridized carbons (Fsp3) is 0.750. The zero-order valence-electron chi connectivity index (χ0n) is 10.7. The number of thiazole rings is 1. The molecule has 1 aliphatic heterocycles. The Morgan fingerprint density at radius 2 is 2.47 bits per heavy atom. The average molecular weight is 256 g/mol. The molecule has 17 heavy (non-hydrogen) atoms. The second kappa shape index (κ2) is 5.44. The fourth-order valence-corrected chi connectivity index (χ4v) is 2.53. The quantitative estimate of drug-likeness (QED) is 0.891. The van der Waals surface area contributed by atoms with Gasteiger partial charge in [0.05, 0.1) is 35.6 Å². The van der Waals surface area contributed by atoms with Crippen molar-refractivity contribution in [3.8, 4) is 0 Å². The van der Waals surface area contributed by atoms with Crippen LogP contribution in [0.25, 0.3) is 0 Å². The molecule has 5 heteroatoms. The molecule has 0 aromatic carbocycles. The molecule has 96 valence electrons. The predicted molar refractivity (Wildman–Crippen MR) is 68.3 cm³/mol. The van der Waals surface area contributed by atoms with Gasteiger partial charge in [0.1, 0.15) is 0 Å². The van der Waals surface area contributed by atoms with E-state index in [0.29, 0.717) is 13.2 Å². The maximum Gasteiger partial charge on any atom is 0.0940 e. The molecule has 1 saturated heterocycles. The molecule has 4 nitrogen and oxygen atoms in total. The minimum atomic E-state index is -0.0938. The summed E-state index contributed by atoms with van der Waals surface area (Å²) in [5, 5.41) is 6.48. The van der Waals surface area contributed by atoms with Crippen LogP contribution in [0.4, 0.5) is 0 Å². The summed E-state index contributed by atoms with van der Waals surface area (Å²) in [6.07, 6.45) is 0.137. The highest BCUT2D eigenvalue weighted by molar-refractivity contribution is 7.09. The summed E-state index contributed by atoms with van der Waals surface area (Å²) in [6, 6.07) is 0. The molecule has 1 fully saturated rings. The molecule has 0 radical (unpaired) electrons. The van der Waals surface area contributed by atoms with Gasteiger partial charge in [-0.3, -0.25) is 0 Å². The number of hydrogen-bond donors (Lipinski definition) is 1. The van der Waals surface area contributed by atoms with E-state index in [0.717, 1.165) is 23.8 Å². The number of nitrogens with zero attached hydrogens (tertiary/aromatic N) is 1. The van der Waals surface area contributed by atoms with Crippen LogP contribution in [0.5, 0.6) is 0 Å². The number of ether oxygens (including phenoxy) is 2. The molecule has 0 amide bonds. The number of aryl methyl sites for hydroxylation is 1. The minimum Gasteiger partial charge on any atom is -0.372 e. The highest BCUT2D eigenvalue weighted by atomic mass is 32.1. The normalized spacial score (nSPS) is 23.8. The zero-order chi connectivity index (χ0) is 12.3. The molecule has 0 saturated carbocycles. The van der Waals surface area contributed by atoms with Crippen LogP contribution in [0.15, 0.2) is 5.38 Å². The summed E-state index contributed by atoms with van der Waals surface area (Å²) in [7, 11) is 0. The molecule has 1 aliphatic rings. The van der Waals surface area contributed by atoms with Gasteiger partial charge in [0.2, 0.25) is 0 Å². The van der Waals surface area contributed by atoms with Gasteiger partial charge in [-0.15, -0.1) is 11.3 Å². The summed E-state index contributed by atoms with van der Waals surface area (Å²) < 4.78 is 11.6. The highest BCUT2D eigenvalue weighted by Gasteiger charge is 2.28. The molecule has 1 aromatic heterocycles. The summed E-state index contributed by atoms with van der Waals surface area (Å²) in [5.74, 6) is 0. The van der Waals surface area contributed by atoms with Crippen LogP contribution in [0.2, 0.25) is 0 Å². The molecule has 0 spiro atoms. The molecule has 2 rings (SSSR count). The number of rotatable bonds is 4. The van der Waals surface area contributed by atoms with Gasteiger partial charge in [-0.25, -0.2) is 4.98 Å². The van der Waals surface area contributed by atoms with Crippen LogP contribution < -0.4 is 5.32 Å². The molecule has 1 N–H and O–H groups in total. The smallest absolute Gasteiger partial charge is 0.0940 e. The van der Waals surface area contributed by atoms with Crippen molar-refractivity contribution in [3.63, 3.8) is 0 Å². The maximum atomic E-state index is 5.91. The first kappa shape index (κ1) is 13.0. The standard InChI is InChI=1S/C12H20N2O2S/c1-9-14-10(7-17-9)5-15-6-11-4-13-8-12(2,3)16-11/h7,11,13H,4-6,8H2,1-3H3. The second-order valence-corrected chi connectivity index (χ2v) is 6.07. The Balaban J connectivity index is 1.71. The number of nitrogens with one attached hydrogen (secondary N) is 1. The van der Waals surface area contributed by atoms with E-state index >= 15 is 0 Å². The lowest BCUT2D eigenvalue weighted by molar-refractivity contribution is -0.122. The van der Waals surface area contributed by atoms with Crippen molar-refractivity contribution in [2.24, 2.45) is 0 Å². The second-order valence-electron chi connectivity index (χ2n) is 5.00. The maximum absolute atomic E-state index is 5.91. The Bertz CT molecular complexity index is 365. The summed E-state index contributed by atoms with van der Waals surface area (Å²) in [5.41, 5.74) is 0.916. The predicted octanol–water partition coefficient (Wildman–Crippen LogP) is 1.74. The van der Waals surface area contributed by atoms with Gasteiger partial charge in [-0.2, -0.15) is 0 Å². The minimum absolute atomic E-state index is 0.0938. The summed E-state index contributed by atoms with van der Waals surface area (Å²) in [6.45, 7) is 9.14. The first-order valence-corrected chi connectivity index (χ1v) is 6.80. The Morgan fingerprint density at radius 1 is 1.65 bits per heavy atom. The fourth-order valence-electron chi connectivity index (χ4n) is 1.93. The largest absolute Gasteiger partial charge is 0.372 e. The van der Waals surface area contributed by atoms with Crippen LogP contribution in [0.3, 0.4) is 0 Å². The van der Waals surface area contributed by atoms with E-state index in [1.165, 1.54) is 0 Å². The highest BCUT2D eigenvalue weighted by Crippen LogP contribution is 2.16. The average Bonchev–Trinajstić information content (AvgIpc) is 2.63. The Kier molecular flexibility index (Phi) is 4.14. The van der Waals surface area contributed by atoms with E-state index in [1.54, 1.807) is 11.3 Å². The third kappa shape index (κ3) is 4.03. The van der Waals surface area contributed by atoms with E-state index in [4.69, 9.17) is 9.47 Å². The van der Waals surface area contributed by atoms with Gasteiger partial charge >= 0.3 is 0 Å². The first-order valence-electron chi connectivity index (χ1n) is 5.92. The van der Waals surface area contributed by atoms with E-state index in [-0.39, 0.29) is 11.7 Å². The third-order valence-electron chi connectivity index (χ3n) is 2.63. The van der Waals surface area contributed by atoms with Gasteiger partial charge in [-0.1, -0.05) is 0 Å². The topological polar surface area (TPSA) is 43.4 Å². The SMILES string of the molecule is Cc1nc(COCC2CNCC(C)(C)O2)cs1. The number of morpholine rings is 1. The Morgan fingerprint density at radius 3 is 3.12 bits per heavy atom. The van der Waals surface area contributed by atoms with Crippen molar-refractivity contribution in [2.45, 2.75) is 39.1 Å². The van der Waals surface area contributed by atoms with E-state index in [9.17, 15) is 0 Å². The van der Waals surface area contributed by atoms with Crippen LogP contribution in [-0.2, 0) is 16.1 Å². The van der Waals surface area contributed by atoms with Crippen LogP contribution in [-0.4, -0.2) is 36.4 Å². The lowest BCUT2D eigenvalue weighted by Crippen LogP contribution is -2.51. The van der Waals surface area contributed by atoms with Gasteiger partial charge in [0.15, 0.2) is 0 Å². The molecule has 1 unspecified atom stereocenters. The van der Waals surface area contributed by atoms with E-state index in [1.807, 2.05) is 12.3 Å². The molecule has 0 bridgehead atoms. The molecule has 0 aliphatic carbocycles. The van der Waals surface area contributed by atoms with Gasteiger partial charge in [-0.05, 0) is 20.8 Å². The third-order valence-corrected chi connectivity index (χ3v) is 3.45. The molecular weight excluding hydrogens is 236 g/mol. The van der Waals surface area contributed by atoms with Gasteiger partial charge in [0.25, 0.3) is 0 Å². The van der Waals surface area contributed by atoms with Crippen molar-refractivity contribution in [3.05, 3.63) is 16.1 Å². The molecule has 2 heterocycles. The van der Waals surface area contributed by atoms with Gasteiger partial charge < -0.3 is 14.8 Å². The summed E-state index contributed by atoms with van der Waals surface area (Å²) in [4.78, 5) is 4.36. The molecule has 1 aromatic rings. The molecular formula is C12H20N2O2S. The number of hydrogen-bond acceptors (Lipinski definition) is 5. The van der Waals surface area contributed by atoms with Crippen LogP contribution in [0, 0.1) is 6.92 Å². The lowest BCUT2D eigenvalue weighted by atomic mass is 10.1. The monoisotopic (exact) mass is 256 g/mol. The van der Waals surface area contributed by atoms with E-state index < -0.39 is 0 Å². The van der Waals surface area contributed by atoms with Crippen molar-refractivity contribution in [1.82, 2.24) is 10.3 Å². The summed E-state index contributed by atoms with van der Waals surface area (Å²) >= 11 is 1.66. The van der Waals surface area contributed by atoms with Gasteiger partial charge in [0, 0.05) is 18.5 Å². The first-order chi connectivity index (χ1) is 8.05. The molecule has 1 atom stereocenters. The Labute approximate surface area is 106 Å². The lowest BCUT2D eigenvalue weighted by Gasteiger charge is -2.36. The van der Waals surface area contributed by atoms with E-state index in [2.05, 4.69) is 24.1 Å². The van der Waals surface area contributed by atoms with Crippen molar-refractivity contribution >= 4 is 11.3 Å². The Hall–Kier alpha value is -0.490. The van der Waals surface area contributed by atoms with Crippen LogP contribution >= 0.6 is 11.3 Å². The van der Waals surface area contributed by atoms with Crippen LogP contribution in [0.1, 0.15) is 24.5 Å². The van der Waals surface area contributed by atoms with Crippen molar-refractivity contribution in [2.75, 3.05) is 19.7 Å². The van der Waals surface area contributed by atoms with Crippen molar-refractivity contribution < 1.29 is 9.47 Å². The van der Waals surface area contributed by atoms with Crippen molar-refractivity contribution in [1.29, 1.82) is 0 Å². The number of aromatic nitrogens is 1. The zero-order valence-corrected chi connectivity index (χ0v) is 11.5.